The van der Waals surface area contributed by atoms with Gasteiger partial charge in [0.2, 0.25) is 0 Å². The Hall–Kier alpha value is -0.520. The largest absolute Gasteiger partial charge is 0.0807 e. The van der Waals surface area contributed by atoms with Gasteiger partial charge < -0.3 is 0 Å². The molecule has 0 heterocycles. The maximum atomic E-state index is 2.41. The summed E-state index contributed by atoms with van der Waals surface area (Å²) >= 11 is 0. The Morgan fingerprint density at radius 1 is 1.36 bits per heavy atom. The minimum Gasteiger partial charge on any atom is -0.0807 e. The molecule has 0 aliphatic heterocycles. The van der Waals surface area contributed by atoms with Gasteiger partial charge in [-0.3, -0.25) is 0 Å². The van der Waals surface area contributed by atoms with Crippen molar-refractivity contribution in [3.63, 3.8) is 0 Å². The molecule has 60 valence electrons. The Morgan fingerprint density at radius 2 is 2.18 bits per heavy atom. The third-order valence-electron chi connectivity index (χ3n) is 3.11. The van der Waals surface area contributed by atoms with E-state index in [9.17, 15) is 0 Å². The normalized spacial score (nSPS) is 30.4. The van der Waals surface area contributed by atoms with Gasteiger partial charge in [0, 0.05) is 0 Å². The van der Waals surface area contributed by atoms with E-state index in [1.165, 1.54) is 25.7 Å². The summed E-state index contributed by atoms with van der Waals surface area (Å²) < 4.78 is 0. The van der Waals surface area contributed by atoms with E-state index in [1.54, 1.807) is 16.7 Å². The summed E-state index contributed by atoms with van der Waals surface area (Å²) in [6.45, 7) is 4.64. The Bertz CT molecular complexity index is 230. The van der Waals surface area contributed by atoms with Crippen LogP contribution in [0.1, 0.15) is 39.5 Å². The van der Waals surface area contributed by atoms with E-state index in [-0.39, 0.29) is 0 Å². The van der Waals surface area contributed by atoms with Gasteiger partial charge in [-0.2, -0.15) is 0 Å². The zero-order chi connectivity index (χ0) is 7.84. The number of hydrogen-bond acceptors (Lipinski definition) is 0. The second-order valence-corrected chi connectivity index (χ2v) is 3.88. The molecule has 0 nitrogen and oxygen atoms in total. The number of allylic oxidation sites excluding steroid dienone is 4. The smallest absolute Gasteiger partial charge is 0.0191 e. The molecule has 0 heteroatoms. The van der Waals surface area contributed by atoms with Gasteiger partial charge in [-0.05, 0) is 44.1 Å². The summed E-state index contributed by atoms with van der Waals surface area (Å²) in [7, 11) is 0. The summed E-state index contributed by atoms with van der Waals surface area (Å²) in [5, 5.41) is 0. The lowest BCUT2D eigenvalue weighted by Gasteiger charge is -2.19. The van der Waals surface area contributed by atoms with Crippen LogP contribution in [0, 0.1) is 5.92 Å². The first-order chi connectivity index (χ1) is 5.29. The predicted octanol–water partition coefficient (Wildman–Crippen LogP) is 3.45. The van der Waals surface area contributed by atoms with Crippen molar-refractivity contribution in [2.75, 3.05) is 0 Å². The van der Waals surface area contributed by atoms with Crippen molar-refractivity contribution in [2.45, 2.75) is 39.5 Å². The molecule has 0 aromatic rings. The number of rotatable bonds is 0. The fraction of sp³-hybridized carbons (Fsp3) is 0.636. The van der Waals surface area contributed by atoms with E-state index < -0.39 is 0 Å². The summed E-state index contributed by atoms with van der Waals surface area (Å²) in [6.07, 6.45) is 7.82. The maximum Gasteiger partial charge on any atom is -0.0191 e. The summed E-state index contributed by atoms with van der Waals surface area (Å²) in [6, 6.07) is 0. The Balaban J connectivity index is 2.36. The first-order valence-corrected chi connectivity index (χ1v) is 4.68. The highest BCUT2D eigenvalue weighted by Gasteiger charge is 2.22. The van der Waals surface area contributed by atoms with Gasteiger partial charge in [0.05, 0.1) is 0 Å². The van der Waals surface area contributed by atoms with E-state index in [0.717, 1.165) is 5.92 Å². The minimum absolute atomic E-state index is 0.844. The van der Waals surface area contributed by atoms with Crippen molar-refractivity contribution < 1.29 is 0 Å². The molecule has 2 aliphatic carbocycles. The molecule has 2 rings (SSSR count). The maximum absolute atomic E-state index is 2.41. The van der Waals surface area contributed by atoms with E-state index >= 15 is 0 Å². The Labute approximate surface area is 69.0 Å². The van der Waals surface area contributed by atoms with Crippen LogP contribution >= 0.6 is 0 Å². The fourth-order valence-electron chi connectivity index (χ4n) is 2.38. The molecule has 0 aromatic carbocycles. The van der Waals surface area contributed by atoms with Crippen LogP contribution in [0.5, 0.6) is 0 Å². The van der Waals surface area contributed by atoms with E-state index in [0.29, 0.717) is 0 Å². The third kappa shape index (κ3) is 1.05. The van der Waals surface area contributed by atoms with Gasteiger partial charge in [-0.25, -0.2) is 0 Å². The van der Waals surface area contributed by atoms with Crippen molar-refractivity contribution >= 4 is 0 Å². The third-order valence-corrected chi connectivity index (χ3v) is 3.11. The molecular formula is C11H16. The average molecular weight is 148 g/mol. The van der Waals surface area contributed by atoms with E-state index in [4.69, 9.17) is 0 Å². The van der Waals surface area contributed by atoms with Gasteiger partial charge in [0.15, 0.2) is 0 Å². The zero-order valence-electron chi connectivity index (χ0n) is 7.48. The van der Waals surface area contributed by atoms with Gasteiger partial charge in [0.1, 0.15) is 0 Å². The Morgan fingerprint density at radius 3 is 2.91 bits per heavy atom. The summed E-state index contributed by atoms with van der Waals surface area (Å²) in [5.74, 6) is 0.844. The Kier molecular flexibility index (Phi) is 1.63. The van der Waals surface area contributed by atoms with Crippen molar-refractivity contribution in [3.05, 3.63) is 22.8 Å². The van der Waals surface area contributed by atoms with E-state index in [2.05, 4.69) is 19.9 Å². The van der Waals surface area contributed by atoms with Crippen LogP contribution in [0.15, 0.2) is 22.8 Å². The van der Waals surface area contributed by atoms with Crippen molar-refractivity contribution in [2.24, 2.45) is 5.92 Å². The van der Waals surface area contributed by atoms with Gasteiger partial charge in [0.25, 0.3) is 0 Å². The monoisotopic (exact) mass is 148 g/mol. The van der Waals surface area contributed by atoms with Gasteiger partial charge in [-0.15, -0.1) is 0 Å². The molecule has 0 aromatic heterocycles. The van der Waals surface area contributed by atoms with E-state index in [1.807, 2.05) is 0 Å². The lowest BCUT2D eigenvalue weighted by Crippen LogP contribution is -2.03. The topological polar surface area (TPSA) is 0 Å². The summed E-state index contributed by atoms with van der Waals surface area (Å²) in [5.41, 5.74) is 5.03. The van der Waals surface area contributed by atoms with Crippen LogP contribution in [0.3, 0.4) is 0 Å². The lowest BCUT2D eigenvalue weighted by molar-refractivity contribution is 0.655. The average Bonchev–Trinajstić information content (AvgIpc) is 2.45. The highest BCUT2D eigenvalue weighted by atomic mass is 14.3. The van der Waals surface area contributed by atoms with Crippen LogP contribution in [0.25, 0.3) is 0 Å². The standard InChI is InChI=1S/C11H16/c1-8-6-7-9(2)11-5-3-4-10(8)11/h6,9H,3-5,7H2,1-2H3. The first kappa shape index (κ1) is 7.15. The number of hydrogen-bond donors (Lipinski definition) is 0. The van der Waals surface area contributed by atoms with Gasteiger partial charge in [-0.1, -0.05) is 24.1 Å². The molecule has 1 unspecified atom stereocenters. The molecule has 0 amide bonds. The quantitative estimate of drug-likeness (QED) is 0.493. The van der Waals surface area contributed by atoms with Crippen molar-refractivity contribution in [3.8, 4) is 0 Å². The zero-order valence-corrected chi connectivity index (χ0v) is 7.48. The molecular weight excluding hydrogens is 132 g/mol. The molecule has 2 aliphatic rings. The van der Waals surface area contributed by atoms with Crippen LogP contribution in [0.2, 0.25) is 0 Å². The molecule has 0 bridgehead atoms. The SMILES string of the molecule is CC1=CCC(C)C2=C1CCC2. The van der Waals surface area contributed by atoms with Crippen molar-refractivity contribution in [1.29, 1.82) is 0 Å². The van der Waals surface area contributed by atoms with Crippen LogP contribution in [0.4, 0.5) is 0 Å². The minimum atomic E-state index is 0.844. The molecule has 0 N–H and O–H groups in total. The fourth-order valence-corrected chi connectivity index (χ4v) is 2.38. The second kappa shape index (κ2) is 2.51. The molecule has 1 atom stereocenters. The molecule has 0 saturated carbocycles. The predicted molar refractivity (Wildman–Crippen MR) is 48.4 cm³/mol. The molecule has 0 fully saturated rings. The molecule has 0 radical (unpaired) electrons. The van der Waals surface area contributed by atoms with Crippen molar-refractivity contribution in [1.82, 2.24) is 0 Å². The summed E-state index contributed by atoms with van der Waals surface area (Å²) in [4.78, 5) is 0. The molecule has 0 spiro atoms. The van der Waals surface area contributed by atoms with Gasteiger partial charge >= 0.3 is 0 Å². The second-order valence-electron chi connectivity index (χ2n) is 3.88. The first-order valence-electron chi connectivity index (χ1n) is 4.68. The van der Waals surface area contributed by atoms with Crippen LogP contribution in [-0.2, 0) is 0 Å². The molecule has 0 saturated heterocycles. The highest BCUT2D eigenvalue weighted by molar-refractivity contribution is 5.40. The lowest BCUT2D eigenvalue weighted by atomic mass is 9.86. The molecule has 11 heavy (non-hydrogen) atoms. The highest BCUT2D eigenvalue weighted by Crippen LogP contribution is 2.40. The van der Waals surface area contributed by atoms with Crippen LogP contribution < -0.4 is 0 Å². The van der Waals surface area contributed by atoms with Crippen LogP contribution in [-0.4, -0.2) is 0 Å².